The number of ether oxygens (including phenoxy) is 1. The molecule has 0 aromatic heterocycles. The Morgan fingerprint density at radius 2 is 1.57 bits per heavy atom. The van der Waals surface area contributed by atoms with Crippen LogP contribution in [0.25, 0.3) is 0 Å². The van der Waals surface area contributed by atoms with Gasteiger partial charge in [-0.1, -0.05) is 47.1 Å². The highest BCUT2D eigenvalue weighted by atomic mass is 16.5. The summed E-state index contributed by atoms with van der Waals surface area (Å²) in [6.45, 7) is 17.5. The number of nitrogens with one attached hydrogen (secondary N) is 3. The smallest absolute Gasteiger partial charge is 0.333 e. The van der Waals surface area contributed by atoms with E-state index in [4.69, 9.17) is 10.5 Å². The molecule has 5 aliphatic carbocycles. The fourth-order valence-corrected chi connectivity index (χ4v) is 11.1. The number of allylic oxidation sites excluding steroid dienone is 2. The van der Waals surface area contributed by atoms with Crippen LogP contribution in [0.1, 0.15) is 113 Å². The van der Waals surface area contributed by atoms with Crippen molar-refractivity contribution in [2.75, 3.05) is 0 Å². The molecule has 0 aliphatic heterocycles. The lowest BCUT2D eigenvalue weighted by atomic mass is 9.33. The van der Waals surface area contributed by atoms with Gasteiger partial charge in [0.2, 0.25) is 0 Å². The zero-order valence-corrected chi connectivity index (χ0v) is 26.9. The van der Waals surface area contributed by atoms with Crippen LogP contribution in [0.2, 0.25) is 0 Å². The first-order valence-electron chi connectivity index (χ1n) is 15.9. The summed E-state index contributed by atoms with van der Waals surface area (Å²) in [7, 11) is 0. The molecule has 9 unspecified atom stereocenters. The first kappa shape index (κ1) is 30.9. The monoisotopic (exact) mass is 584 g/mol. The number of hydrogen-bond acceptors (Lipinski definition) is 5. The van der Waals surface area contributed by atoms with Crippen LogP contribution in [0.3, 0.4) is 0 Å². The van der Waals surface area contributed by atoms with E-state index in [-0.39, 0.29) is 62.7 Å². The number of primary amides is 1. The van der Waals surface area contributed by atoms with Crippen LogP contribution in [0.4, 0.5) is 9.59 Å². The molecule has 0 radical (unpaired) electrons. The van der Waals surface area contributed by atoms with E-state index in [0.717, 1.165) is 57.8 Å². The molecule has 4 amide bonds. The Morgan fingerprint density at radius 1 is 0.905 bits per heavy atom. The van der Waals surface area contributed by atoms with Crippen LogP contribution in [0, 0.1) is 44.8 Å². The van der Waals surface area contributed by atoms with Gasteiger partial charge in [0, 0.05) is 23.8 Å². The normalized spacial score (nSPS) is 45.5. The molecule has 0 aromatic carbocycles. The Morgan fingerprint density at radius 3 is 2.21 bits per heavy atom. The summed E-state index contributed by atoms with van der Waals surface area (Å²) in [4.78, 5) is 50.2. The van der Waals surface area contributed by atoms with Gasteiger partial charge in [0.15, 0.2) is 5.78 Å². The summed E-state index contributed by atoms with van der Waals surface area (Å²) < 4.78 is 5.84. The fourth-order valence-electron chi connectivity index (χ4n) is 11.1. The predicted molar refractivity (Wildman–Crippen MR) is 160 cm³/mol. The van der Waals surface area contributed by atoms with E-state index in [1.54, 1.807) is 0 Å². The van der Waals surface area contributed by atoms with Crippen molar-refractivity contribution in [2.45, 2.75) is 125 Å². The summed E-state index contributed by atoms with van der Waals surface area (Å²) in [6, 6.07) is -1.31. The maximum absolute atomic E-state index is 14.5. The van der Waals surface area contributed by atoms with Crippen LogP contribution < -0.4 is 21.9 Å². The Hall–Kier alpha value is -2.58. The third-order valence-electron chi connectivity index (χ3n) is 13.5. The van der Waals surface area contributed by atoms with Crippen molar-refractivity contribution in [3.8, 4) is 0 Å². The van der Waals surface area contributed by atoms with Crippen molar-refractivity contribution in [3.05, 3.63) is 11.6 Å². The zero-order chi connectivity index (χ0) is 31.1. The van der Waals surface area contributed by atoms with E-state index in [2.05, 4.69) is 64.6 Å². The molecule has 5 rings (SSSR count). The largest absolute Gasteiger partial charge is 0.462 e. The van der Waals surface area contributed by atoms with Gasteiger partial charge in [0.05, 0.1) is 0 Å². The number of rotatable bonds is 2. The van der Waals surface area contributed by atoms with Gasteiger partial charge in [0.1, 0.15) is 6.10 Å². The molecule has 5 N–H and O–H groups in total. The summed E-state index contributed by atoms with van der Waals surface area (Å²) in [6.07, 6.45) is 10.2. The number of hydrogen-bond donors (Lipinski definition) is 4. The Balaban J connectivity index is 1.49. The van der Waals surface area contributed by atoms with E-state index in [9.17, 15) is 19.2 Å². The third kappa shape index (κ3) is 4.47. The van der Waals surface area contributed by atoms with Crippen LogP contribution in [-0.4, -0.2) is 35.5 Å². The van der Waals surface area contributed by atoms with Gasteiger partial charge in [-0.3, -0.25) is 9.59 Å². The summed E-state index contributed by atoms with van der Waals surface area (Å²) >= 11 is 0. The van der Waals surface area contributed by atoms with E-state index in [1.165, 1.54) is 12.5 Å². The van der Waals surface area contributed by atoms with Gasteiger partial charge in [-0.15, -0.1) is 0 Å². The SMILES string of the molecule is CC(=O)OC1CCC2(C)C(CCC3(C)C2C(=O)C=C2C4CC(C)(NC(=O)NNC(N)=O)CCC4(C)CCC23C)C1(C)C. The number of urea groups is 2. The highest BCUT2D eigenvalue weighted by molar-refractivity contribution is 5.95. The zero-order valence-electron chi connectivity index (χ0n) is 26.9. The van der Waals surface area contributed by atoms with Crippen LogP contribution in [-0.2, 0) is 14.3 Å². The Labute approximate surface area is 250 Å². The van der Waals surface area contributed by atoms with E-state index >= 15 is 0 Å². The van der Waals surface area contributed by atoms with E-state index < -0.39 is 17.6 Å². The number of nitrogens with two attached hydrogens (primary N) is 1. The Bertz CT molecular complexity index is 1230. The molecule has 9 nitrogen and oxygen atoms in total. The lowest BCUT2D eigenvalue weighted by molar-refractivity contribution is -0.210. The van der Waals surface area contributed by atoms with Crippen molar-refractivity contribution in [1.29, 1.82) is 0 Å². The lowest BCUT2D eigenvalue weighted by Crippen LogP contribution is -2.67. The maximum atomic E-state index is 14.5. The van der Waals surface area contributed by atoms with Crippen LogP contribution in [0.15, 0.2) is 11.6 Å². The van der Waals surface area contributed by atoms with Crippen molar-refractivity contribution >= 4 is 23.8 Å². The molecule has 0 spiro atoms. The molecule has 42 heavy (non-hydrogen) atoms. The first-order valence-corrected chi connectivity index (χ1v) is 15.9. The van der Waals surface area contributed by atoms with Gasteiger partial charge >= 0.3 is 18.0 Å². The topological polar surface area (TPSA) is 140 Å². The van der Waals surface area contributed by atoms with Crippen LogP contribution in [0.5, 0.6) is 0 Å². The molecule has 0 bridgehead atoms. The van der Waals surface area contributed by atoms with Crippen molar-refractivity contribution in [1.82, 2.24) is 16.2 Å². The number of esters is 1. The quantitative estimate of drug-likeness (QED) is 0.249. The minimum atomic E-state index is -0.824. The maximum Gasteiger partial charge on any atom is 0.333 e. The number of fused-ring (bicyclic) bond motifs is 7. The average molecular weight is 585 g/mol. The molecule has 4 saturated carbocycles. The lowest BCUT2D eigenvalue weighted by Gasteiger charge is -2.70. The van der Waals surface area contributed by atoms with Gasteiger partial charge in [-0.05, 0) is 104 Å². The molecular formula is C33H52N4O5. The highest BCUT2D eigenvalue weighted by Crippen LogP contribution is 2.74. The van der Waals surface area contributed by atoms with Gasteiger partial charge < -0.3 is 15.8 Å². The third-order valence-corrected chi connectivity index (χ3v) is 13.5. The number of amides is 4. The fraction of sp³-hybridized carbons (Fsp3) is 0.818. The molecule has 0 heterocycles. The molecular weight excluding hydrogens is 532 g/mol. The molecule has 0 aromatic rings. The van der Waals surface area contributed by atoms with Crippen LogP contribution >= 0.6 is 0 Å². The molecule has 9 heteroatoms. The summed E-state index contributed by atoms with van der Waals surface area (Å²) in [5, 5.41) is 3.09. The van der Waals surface area contributed by atoms with Crippen molar-refractivity contribution < 1.29 is 23.9 Å². The second-order valence-corrected chi connectivity index (χ2v) is 16.3. The standard InChI is InChI=1S/C33H52N4O5/c1-19(38)42-24-10-11-31(6)23(28(24,2)3)9-12-33(8)25(31)22(39)17-20-21-18-30(5,35-27(41)37-36-26(34)40)15-13-29(21,4)14-16-32(20,33)7/h17,21,23-25H,9-16,18H2,1-8H3,(H3,34,36,40)(H2,35,37,41). The molecule has 5 aliphatic rings. The van der Waals surface area contributed by atoms with Gasteiger partial charge in [-0.25, -0.2) is 20.4 Å². The average Bonchev–Trinajstić information content (AvgIpc) is 2.86. The molecule has 234 valence electrons. The number of ketones is 1. The molecule has 0 saturated heterocycles. The number of carbonyl (C=O) groups is 4. The second kappa shape index (κ2) is 9.71. The van der Waals surface area contributed by atoms with Crippen molar-refractivity contribution in [2.24, 2.45) is 50.6 Å². The molecule has 4 fully saturated rings. The minimum absolute atomic E-state index is 0.0587. The summed E-state index contributed by atoms with van der Waals surface area (Å²) in [5.41, 5.74) is 9.74. The van der Waals surface area contributed by atoms with Gasteiger partial charge in [-0.2, -0.15) is 0 Å². The minimum Gasteiger partial charge on any atom is -0.462 e. The number of hydrazine groups is 1. The van der Waals surface area contributed by atoms with Gasteiger partial charge in [0.25, 0.3) is 0 Å². The van der Waals surface area contributed by atoms with Crippen molar-refractivity contribution in [3.63, 3.8) is 0 Å². The predicted octanol–water partition coefficient (Wildman–Crippen LogP) is 5.53. The number of carbonyl (C=O) groups excluding carboxylic acids is 4. The van der Waals surface area contributed by atoms with E-state index in [1.807, 2.05) is 6.08 Å². The highest BCUT2D eigenvalue weighted by Gasteiger charge is 2.70. The first-order chi connectivity index (χ1) is 19.3. The van der Waals surface area contributed by atoms with E-state index in [0.29, 0.717) is 0 Å². The molecule has 9 atom stereocenters. The Kier molecular flexibility index (Phi) is 7.14. The second-order valence-electron chi connectivity index (χ2n) is 16.3. The summed E-state index contributed by atoms with van der Waals surface area (Å²) in [5.74, 6) is 0.395.